The average Bonchev–Trinajstić information content (AvgIpc) is 2.94. The van der Waals surface area contributed by atoms with E-state index < -0.39 is 0 Å². The molecule has 1 atom stereocenters. The molecule has 1 aromatic heterocycles. The van der Waals surface area contributed by atoms with Gasteiger partial charge in [-0.25, -0.2) is 4.98 Å². The van der Waals surface area contributed by atoms with Crippen molar-refractivity contribution in [2.24, 2.45) is 7.05 Å². The quantitative estimate of drug-likeness (QED) is 0.915. The summed E-state index contributed by atoms with van der Waals surface area (Å²) < 4.78 is 1.84. The highest BCUT2D eigenvalue weighted by Gasteiger charge is 2.33. The van der Waals surface area contributed by atoms with Crippen molar-refractivity contribution in [1.82, 2.24) is 19.8 Å². The number of nitrogens with zero attached hydrogens (tertiary/aromatic N) is 3. The molecule has 6 heteroatoms. The van der Waals surface area contributed by atoms with Gasteiger partial charge in [-0.15, -0.1) is 0 Å². The smallest absolute Gasteiger partial charge is 0.253 e. The van der Waals surface area contributed by atoms with Gasteiger partial charge in [0.25, 0.3) is 5.91 Å². The van der Waals surface area contributed by atoms with Crippen molar-refractivity contribution in [2.75, 3.05) is 13.6 Å². The summed E-state index contributed by atoms with van der Waals surface area (Å²) in [5, 5.41) is 2.91. The van der Waals surface area contributed by atoms with E-state index in [4.69, 9.17) is 0 Å². The Hall–Kier alpha value is -2.63. The van der Waals surface area contributed by atoms with E-state index in [2.05, 4.69) is 10.3 Å². The van der Waals surface area contributed by atoms with E-state index in [9.17, 15) is 9.59 Å². The number of benzene rings is 1. The lowest BCUT2D eigenvalue weighted by molar-refractivity contribution is -0.123. The van der Waals surface area contributed by atoms with Crippen LogP contribution in [0.1, 0.15) is 27.5 Å². The van der Waals surface area contributed by atoms with Gasteiger partial charge >= 0.3 is 0 Å². The van der Waals surface area contributed by atoms with Gasteiger partial charge < -0.3 is 14.8 Å². The van der Waals surface area contributed by atoms with Gasteiger partial charge in [-0.2, -0.15) is 0 Å². The first-order valence-electron chi connectivity index (χ1n) is 7.15. The molecule has 1 aliphatic heterocycles. The molecule has 6 nitrogen and oxygen atoms in total. The zero-order chi connectivity index (χ0) is 15.7. The summed E-state index contributed by atoms with van der Waals surface area (Å²) in [6, 6.07) is 7.30. The predicted octanol–water partition coefficient (Wildman–Crippen LogP) is 0.906. The molecule has 22 heavy (non-hydrogen) atoms. The van der Waals surface area contributed by atoms with E-state index in [0.29, 0.717) is 18.7 Å². The number of likely N-dealkylation sites (N-methyl/N-ethyl adjacent to an activating group) is 1. The highest BCUT2D eigenvalue weighted by Crippen LogP contribution is 2.27. The van der Waals surface area contributed by atoms with Gasteiger partial charge in [0.2, 0.25) is 5.91 Å². The number of amides is 2. The van der Waals surface area contributed by atoms with E-state index in [1.54, 1.807) is 24.3 Å². The molecule has 0 saturated heterocycles. The van der Waals surface area contributed by atoms with Crippen LogP contribution in [0.4, 0.5) is 0 Å². The van der Waals surface area contributed by atoms with Crippen molar-refractivity contribution >= 4 is 11.8 Å². The molecule has 114 valence electrons. The van der Waals surface area contributed by atoms with Crippen molar-refractivity contribution in [3.05, 3.63) is 53.6 Å². The second-order valence-corrected chi connectivity index (χ2v) is 5.57. The standard InChI is InChI=1S/C16H18N4O2/c1-19-8-11(18-10-19)7-17-15(21)14-9-20(2)16(22)13-6-4-3-5-12(13)14/h3-6,8,10,14H,7,9H2,1-2H3,(H,17,21). The minimum atomic E-state index is -0.345. The average molecular weight is 298 g/mol. The third-order valence-corrected chi connectivity index (χ3v) is 3.89. The number of rotatable bonds is 3. The number of imidazole rings is 1. The van der Waals surface area contributed by atoms with Gasteiger partial charge in [0, 0.05) is 32.4 Å². The number of carbonyl (C=O) groups is 2. The van der Waals surface area contributed by atoms with Gasteiger partial charge in [0.05, 0.1) is 24.5 Å². The first-order chi connectivity index (χ1) is 10.6. The zero-order valence-corrected chi connectivity index (χ0v) is 12.6. The van der Waals surface area contributed by atoms with Crippen LogP contribution in [0, 0.1) is 0 Å². The highest BCUT2D eigenvalue weighted by atomic mass is 16.2. The molecule has 2 heterocycles. The Labute approximate surface area is 128 Å². The second-order valence-electron chi connectivity index (χ2n) is 5.57. The summed E-state index contributed by atoms with van der Waals surface area (Å²) in [4.78, 5) is 30.4. The molecule has 2 aromatic rings. The molecular formula is C16H18N4O2. The summed E-state index contributed by atoms with van der Waals surface area (Å²) in [5.74, 6) is -0.468. The van der Waals surface area contributed by atoms with Crippen LogP contribution >= 0.6 is 0 Å². The van der Waals surface area contributed by atoms with E-state index in [1.807, 2.05) is 36.0 Å². The van der Waals surface area contributed by atoms with Gasteiger partial charge in [0.1, 0.15) is 0 Å². The fraction of sp³-hybridized carbons (Fsp3) is 0.312. The Morgan fingerprint density at radius 1 is 1.36 bits per heavy atom. The molecule has 0 spiro atoms. The molecule has 1 N–H and O–H groups in total. The van der Waals surface area contributed by atoms with Gasteiger partial charge in [0.15, 0.2) is 0 Å². The van der Waals surface area contributed by atoms with Crippen molar-refractivity contribution in [2.45, 2.75) is 12.5 Å². The normalized spacial score (nSPS) is 17.3. The number of hydrogen-bond donors (Lipinski definition) is 1. The minimum Gasteiger partial charge on any atom is -0.350 e. The molecule has 1 aromatic carbocycles. The van der Waals surface area contributed by atoms with Crippen molar-refractivity contribution in [3.8, 4) is 0 Å². The van der Waals surface area contributed by atoms with Crippen LogP contribution in [0.2, 0.25) is 0 Å². The molecule has 0 radical (unpaired) electrons. The lowest BCUT2D eigenvalue weighted by atomic mass is 9.89. The highest BCUT2D eigenvalue weighted by molar-refractivity contribution is 6.00. The van der Waals surface area contributed by atoms with Crippen molar-refractivity contribution in [3.63, 3.8) is 0 Å². The summed E-state index contributed by atoms with van der Waals surface area (Å²) in [6.07, 6.45) is 3.56. The fourth-order valence-electron chi connectivity index (χ4n) is 2.74. The maximum atomic E-state index is 12.5. The van der Waals surface area contributed by atoms with Gasteiger partial charge in [-0.3, -0.25) is 9.59 Å². The number of aromatic nitrogens is 2. The van der Waals surface area contributed by atoms with E-state index >= 15 is 0 Å². The summed E-state index contributed by atoms with van der Waals surface area (Å²) in [7, 11) is 3.60. The first kappa shape index (κ1) is 14.3. The molecule has 0 bridgehead atoms. The first-order valence-corrected chi connectivity index (χ1v) is 7.15. The molecule has 0 fully saturated rings. The summed E-state index contributed by atoms with van der Waals surface area (Å²) in [5.41, 5.74) is 2.21. The number of carbonyl (C=O) groups excluding carboxylic acids is 2. The predicted molar refractivity (Wildman–Crippen MR) is 81.2 cm³/mol. The van der Waals surface area contributed by atoms with Crippen LogP contribution in [0.15, 0.2) is 36.8 Å². The van der Waals surface area contributed by atoms with Gasteiger partial charge in [-0.1, -0.05) is 18.2 Å². The van der Waals surface area contributed by atoms with Crippen LogP contribution in [-0.4, -0.2) is 39.9 Å². The second kappa shape index (κ2) is 5.63. The van der Waals surface area contributed by atoms with Crippen LogP contribution in [0.5, 0.6) is 0 Å². The van der Waals surface area contributed by atoms with E-state index in [1.165, 1.54) is 0 Å². The minimum absolute atomic E-state index is 0.0376. The van der Waals surface area contributed by atoms with Crippen LogP contribution in [0.25, 0.3) is 0 Å². The number of fused-ring (bicyclic) bond motifs is 1. The van der Waals surface area contributed by atoms with Crippen molar-refractivity contribution in [1.29, 1.82) is 0 Å². The molecular weight excluding hydrogens is 280 g/mol. The topological polar surface area (TPSA) is 67.2 Å². The molecule has 1 aliphatic rings. The molecule has 2 amide bonds. The molecule has 0 aliphatic carbocycles. The maximum Gasteiger partial charge on any atom is 0.253 e. The molecule has 3 rings (SSSR count). The Balaban J connectivity index is 1.77. The van der Waals surface area contributed by atoms with Crippen LogP contribution in [0.3, 0.4) is 0 Å². The molecule has 1 unspecified atom stereocenters. The van der Waals surface area contributed by atoms with E-state index in [-0.39, 0.29) is 17.7 Å². The third-order valence-electron chi connectivity index (χ3n) is 3.89. The SMILES string of the molecule is CN1CC(C(=O)NCc2cn(C)cn2)c2ccccc2C1=O. The van der Waals surface area contributed by atoms with Crippen LogP contribution < -0.4 is 5.32 Å². The number of hydrogen-bond acceptors (Lipinski definition) is 3. The molecule has 0 saturated carbocycles. The van der Waals surface area contributed by atoms with Gasteiger partial charge in [-0.05, 0) is 11.6 Å². The Kier molecular flexibility index (Phi) is 3.66. The Morgan fingerprint density at radius 3 is 2.86 bits per heavy atom. The third kappa shape index (κ3) is 2.59. The maximum absolute atomic E-state index is 12.5. The zero-order valence-electron chi connectivity index (χ0n) is 12.6. The number of nitrogens with one attached hydrogen (secondary N) is 1. The van der Waals surface area contributed by atoms with E-state index in [0.717, 1.165) is 11.3 Å². The summed E-state index contributed by atoms with van der Waals surface area (Å²) >= 11 is 0. The number of aryl methyl sites for hydroxylation is 1. The fourth-order valence-corrected chi connectivity index (χ4v) is 2.74. The summed E-state index contributed by atoms with van der Waals surface area (Å²) in [6.45, 7) is 0.778. The van der Waals surface area contributed by atoms with Crippen LogP contribution in [-0.2, 0) is 18.4 Å². The Morgan fingerprint density at radius 2 is 2.14 bits per heavy atom. The monoisotopic (exact) mass is 298 g/mol. The Bertz CT molecular complexity index is 722. The lowest BCUT2D eigenvalue weighted by Gasteiger charge is -2.31. The largest absolute Gasteiger partial charge is 0.350 e. The lowest BCUT2D eigenvalue weighted by Crippen LogP contribution is -2.43. The van der Waals surface area contributed by atoms with Crippen molar-refractivity contribution < 1.29 is 9.59 Å².